The highest BCUT2D eigenvalue weighted by Crippen LogP contribution is 2.18. The number of rotatable bonds is 9. The van der Waals surface area contributed by atoms with Gasteiger partial charge in [-0.05, 0) is 31.0 Å². The van der Waals surface area contributed by atoms with E-state index in [1.807, 2.05) is 30.3 Å². The predicted octanol–water partition coefficient (Wildman–Crippen LogP) is 1.79. The molecule has 0 radical (unpaired) electrons. The van der Waals surface area contributed by atoms with Crippen molar-refractivity contribution in [3.63, 3.8) is 0 Å². The Balaban J connectivity index is 1.97. The number of nitrogens with zero attached hydrogens (tertiary/aromatic N) is 2. The number of amides is 2. The maximum absolute atomic E-state index is 12.4. The number of carboxylic acid groups (broad SMARTS) is 1. The molecule has 2 aromatic carbocycles. The van der Waals surface area contributed by atoms with E-state index in [0.29, 0.717) is 12.0 Å². The van der Waals surface area contributed by atoms with E-state index in [0.717, 1.165) is 10.5 Å². The van der Waals surface area contributed by atoms with Crippen LogP contribution in [0.1, 0.15) is 21.5 Å². The second-order valence-electron chi connectivity index (χ2n) is 6.39. The lowest BCUT2D eigenvalue weighted by atomic mass is 10.1. The van der Waals surface area contributed by atoms with Gasteiger partial charge in [0, 0.05) is 23.7 Å². The molecular weight excluding hydrogens is 378 g/mol. The number of hydrogen-bond acceptors (Lipinski definition) is 5. The quantitative estimate of drug-likeness (QED) is 0.488. The summed E-state index contributed by atoms with van der Waals surface area (Å²) >= 11 is 0. The molecule has 0 unspecified atom stereocenters. The number of carboxylic acids is 1. The van der Waals surface area contributed by atoms with Gasteiger partial charge >= 0.3 is 5.97 Å². The molecule has 0 aliphatic rings. The van der Waals surface area contributed by atoms with E-state index < -0.39 is 29.3 Å². The summed E-state index contributed by atoms with van der Waals surface area (Å²) in [5, 5.41) is 22.3. The minimum absolute atomic E-state index is 0.105. The number of nitro groups is 1. The van der Waals surface area contributed by atoms with Crippen molar-refractivity contribution in [2.45, 2.75) is 13.3 Å². The van der Waals surface area contributed by atoms with Crippen molar-refractivity contribution in [1.82, 2.24) is 10.2 Å². The van der Waals surface area contributed by atoms with Gasteiger partial charge in [0.15, 0.2) is 0 Å². The second-order valence-corrected chi connectivity index (χ2v) is 6.39. The van der Waals surface area contributed by atoms with Crippen LogP contribution in [-0.4, -0.2) is 52.3 Å². The lowest BCUT2D eigenvalue weighted by Gasteiger charge is -2.21. The van der Waals surface area contributed by atoms with E-state index in [9.17, 15) is 24.5 Å². The number of nitro benzene ring substituents is 1. The molecule has 0 heterocycles. The Labute approximate surface area is 167 Å². The number of aryl methyl sites for hydroxylation is 1. The molecule has 0 aliphatic carbocycles. The van der Waals surface area contributed by atoms with E-state index in [2.05, 4.69) is 5.32 Å². The van der Waals surface area contributed by atoms with E-state index >= 15 is 0 Å². The second kappa shape index (κ2) is 9.98. The highest BCUT2D eigenvalue weighted by Gasteiger charge is 2.19. The van der Waals surface area contributed by atoms with Crippen LogP contribution in [0.2, 0.25) is 0 Å². The number of carbonyl (C=O) groups excluding carboxylic acids is 2. The number of hydrogen-bond donors (Lipinski definition) is 2. The van der Waals surface area contributed by atoms with Crippen LogP contribution in [0, 0.1) is 17.0 Å². The van der Waals surface area contributed by atoms with Crippen molar-refractivity contribution in [1.29, 1.82) is 0 Å². The minimum atomic E-state index is -1.15. The molecule has 0 fully saturated rings. The predicted molar refractivity (Wildman–Crippen MR) is 105 cm³/mol. The van der Waals surface area contributed by atoms with Crippen LogP contribution in [0.5, 0.6) is 0 Å². The molecule has 9 heteroatoms. The molecule has 0 bridgehead atoms. The molecule has 2 aromatic rings. The van der Waals surface area contributed by atoms with Crippen LogP contribution in [0.15, 0.2) is 48.5 Å². The minimum Gasteiger partial charge on any atom is -0.480 e. The summed E-state index contributed by atoms with van der Waals surface area (Å²) in [6.07, 6.45) is 0.482. The zero-order valence-corrected chi connectivity index (χ0v) is 15.8. The van der Waals surface area contributed by atoms with Crippen LogP contribution in [0.25, 0.3) is 0 Å². The van der Waals surface area contributed by atoms with Crippen LogP contribution in [0.4, 0.5) is 5.69 Å². The van der Waals surface area contributed by atoms with Gasteiger partial charge in [-0.25, -0.2) is 0 Å². The molecular formula is C20H21N3O6. The Hall–Kier alpha value is -3.75. The van der Waals surface area contributed by atoms with Gasteiger partial charge in [0.25, 0.3) is 11.6 Å². The largest absolute Gasteiger partial charge is 0.480 e. The summed E-state index contributed by atoms with van der Waals surface area (Å²) in [6, 6.07) is 13.2. The highest BCUT2D eigenvalue weighted by molar-refractivity contribution is 5.97. The molecule has 29 heavy (non-hydrogen) atoms. The summed E-state index contributed by atoms with van der Waals surface area (Å²) in [7, 11) is 0. The molecule has 0 aromatic heterocycles. The maximum Gasteiger partial charge on any atom is 0.323 e. The normalized spacial score (nSPS) is 10.2. The fourth-order valence-corrected chi connectivity index (χ4v) is 2.74. The van der Waals surface area contributed by atoms with Gasteiger partial charge in [0.2, 0.25) is 5.91 Å². The standard InChI is InChI=1S/C20H21N3O6/c1-14-11-16(7-8-17(14)23(28)29)20(27)21-12-18(24)22(13-19(25)26)10-9-15-5-3-2-4-6-15/h2-8,11H,9-10,12-13H2,1H3,(H,21,27)(H,25,26). The average Bonchev–Trinajstić information content (AvgIpc) is 2.69. The van der Waals surface area contributed by atoms with Gasteiger partial charge in [-0.3, -0.25) is 24.5 Å². The summed E-state index contributed by atoms with van der Waals surface area (Å²) in [5.41, 5.74) is 1.35. The van der Waals surface area contributed by atoms with E-state index in [1.54, 1.807) is 0 Å². The number of aliphatic carboxylic acids is 1. The zero-order valence-electron chi connectivity index (χ0n) is 15.8. The topological polar surface area (TPSA) is 130 Å². The number of nitrogens with one attached hydrogen (secondary N) is 1. The molecule has 9 nitrogen and oxygen atoms in total. The molecule has 0 saturated heterocycles. The molecule has 0 aliphatic heterocycles. The zero-order chi connectivity index (χ0) is 21.4. The van der Waals surface area contributed by atoms with Crippen molar-refractivity contribution in [2.75, 3.05) is 19.6 Å². The van der Waals surface area contributed by atoms with E-state index in [-0.39, 0.29) is 24.3 Å². The third kappa shape index (κ3) is 6.42. The summed E-state index contributed by atoms with van der Waals surface area (Å²) in [4.78, 5) is 47.2. The van der Waals surface area contributed by atoms with Gasteiger partial charge in [0.1, 0.15) is 6.54 Å². The number of carbonyl (C=O) groups is 3. The first-order valence-corrected chi connectivity index (χ1v) is 8.84. The maximum atomic E-state index is 12.4. The molecule has 2 amide bonds. The van der Waals surface area contributed by atoms with Crippen LogP contribution in [-0.2, 0) is 16.0 Å². The molecule has 0 atom stereocenters. The fraction of sp³-hybridized carbons (Fsp3) is 0.250. The first-order chi connectivity index (χ1) is 13.8. The van der Waals surface area contributed by atoms with Crippen LogP contribution < -0.4 is 5.32 Å². The third-order valence-electron chi connectivity index (χ3n) is 4.25. The average molecular weight is 399 g/mol. The summed E-state index contributed by atoms with van der Waals surface area (Å²) in [6.45, 7) is 0.856. The lowest BCUT2D eigenvalue weighted by molar-refractivity contribution is -0.385. The Morgan fingerprint density at radius 2 is 1.83 bits per heavy atom. The molecule has 2 N–H and O–H groups in total. The third-order valence-corrected chi connectivity index (χ3v) is 4.25. The van der Waals surface area contributed by atoms with Crippen LogP contribution >= 0.6 is 0 Å². The van der Waals surface area contributed by atoms with Crippen molar-refractivity contribution in [3.05, 3.63) is 75.3 Å². The molecule has 152 valence electrons. The SMILES string of the molecule is Cc1cc(C(=O)NCC(=O)N(CCc2ccccc2)CC(=O)O)ccc1[N+](=O)[O-]. The van der Waals surface area contributed by atoms with E-state index in [1.165, 1.54) is 25.1 Å². The monoisotopic (exact) mass is 399 g/mol. The Bertz CT molecular complexity index is 914. The van der Waals surface area contributed by atoms with Crippen LogP contribution in [0.3, 0.4) is 0 Å². The Morgan fingerprint density at radius 3 is 2.41 bits per heavy atom. The Morgan fingerprint density at radius 1 is 1.14 bits per heavy atom. The van der Waals surface area contributed by atoms with Gasteiger partial charge in [-0.15, -0.1) is 0 Å². The fourth-order valence-electron chi connectivity index (χ4n) is 2.74. The molecule has 2 rings (SSSR count). The van der Waals surface area contributed by atoms with Gasteiger partial charge in [-0.2, -0.15) is 0 Å². The highest BCUT2D eigenvalue weighted by atomic mass is 16.6. The first-order valence-electron chi connectivity index (χ1n) is 8.84. The molecule has 0 spiro atoms. The van der Waals surface area contributed by atoms with Gasteiger partial charge in [0.05, 0.1) is 11.5 Å². The van der Waals surface area contributed by atoms with Crippen molar-refractivity contribution >= 4 is 23.5 Å². The van der Waals surface area contributed by atoms with Crippen molar-refractivity contribution in [3.8, 4) is 0 Å². The van der Waals surface area contributed by atoms with Crippen molar-refractivity contribution in [2.24, 2.45) is 0 Å². The molecule has 0 saturated carbocycles. The van der Waals surface area contributed by atoms with Gasteiger partial charge in [-0.1, -0.05) is 30.3 Å². The van der Waals surface area contributed by atoms with Gasteiger partial charge < -0.3 is 15.3 Å². The van der Waals surface area contributed by atoms with E-state index in [4.69, 9.17) is 5.11 Å². The lowest BCUT2D eigenvalue weighted by Crippen LogP contribution is -2.43. The van der Waals surface area contributed by atoms with Crippen molar-refractivity contribution < 1.29 is 24.4 Å². The Kier molecular flexibility index (Phi) is 7.41. The summed E-state index contributed by atoms with van der Waals surface area (Å²) in [5.74, 6) is -2.26. The smallest absolute Gasteiger partial charge is 0.323 e. The summed E-state index contributed by atoms with van der Waals surface area (Å²) < 4.78 is 0. The number of benzene rings is 2. The first kappa shape index (κ1) is 21.5.